The second kappa shape index (κ2) is 8.79. The number of halogens is 2. The molecule has 0 aliphatic heterocycles. The molecule has 0 unspecified atom stereocenters. The number of rotatable bonds is 5. The zero-order valence-corrected chi connectivity index (χ0v) is 20.2. The number of anilines is 2. The van der Waals surface area contributed by atoms with Crippen molar-refractivity contribution in [3.63, 3.8) is 0 Å². The first-order valence-corrected chi connectivity index (χ1v) is 11.5. The van der Waals surface area contributed by atoms with Gasteiger partial charge in [-0.25, -0.2) is 0 Å². The van der Waals surface area contributed by atoms with Gasteiger partial charge in [-0.1, -0.05) is 100 Å². The lowest BCUT2D eigenvalue weighted by Gasteiger charge is -2.29. The molecule has 0 amide bonds. The average Bonchev–Trinajstić information content (AvgIpc) is 2.74. The highest BCUT2D eigenvalue weighted by molar-refractivity contribution is 9.11. The molecule has 0 bridgehead atoms. The summed E-state index contributed by atoms with van der Waals surface area (Å²) < 4.78 is 2.12. The van der Waals surface area contributed by atoms with Crippen LogP contribution in [0.3, 0.4) is 0 Å². The van der Waals surface area contributed by atoms with E-state index < -0.39 is 0 Å². The average molecular weight is 521 g/mol. The Morgan fingerprint density at radius 1 is 0.633 bits per heavy atom. The molecule has 0 saturated heterocycles. The Labute approximate surface area is 195 Å². The predicted octanol–water partition coefficient (Wildman–Crippen LogP) is 8.95. The topological polar surface area (TPSA) is 12.0 Å². The minimum atomic E-state index is -0.169. The number of nitrogens with one attached hydrogen (secondary N) is 1. The summed E-state index contributed by atoms with van der Waals surface area (Å²) in [5.41, 5.74) is 6.94. The van der Waals surface area contributed by atoms with Gasteiger partial charge in [0, 0.05) is 25.7 Å². The first-order chi connectivity index (χ1) is 14.4. The fourth-order valence-corrected chi connectivity index (χ4v) is 5.05. The van der Waals surface area contributed by atoms with Crippen molar-refractivity contribution >= 4 is 43.2 Å². The molecule has 4 rings (SSSR count). The predicted molar refractivity (Wildman–Crippen MR) is 136 cm³/mol. The van der Waals surface area contributed by atoms with Crippen molar-refractivity contribution in [2.45, 2.75) is 19.3 Å². The maximum absolute atomic E-state index is 3.63. The standard InChI is InChI=1S/C27H23Br2N/c1-27(2,21-9-5-3-6-10-21)25-17-19(20-15-22(28)18-23(29)16-20)13-14-26(25)30-24-11-7-4-8-12-24/h3-18,30H,1-2H3. The Kier molecular flexibility index (Phi) is 6.12. The molecule has 0 aliphatic carbocycles. The van der Waals surface area contributed by atoms with E-state index in [-0.39, 0.29) is 5.41 Å². The molecule has 0 aliphatic rings. The van der Waals surface area contributed by atoms with E-state index in [2.05, 4.69) is 142 Å². The van der Waals surface area contributed by atoms with Gasteiger partial charge in [0.05, 0.1) is 0 Å². The Balaban J connectivity index is 1.86. The van der Waals surface area contributed by atoms with Gasteiger partial charge >= 0.3 is 0 Å². The van der Waals surface area contributed by atoms with E-state index in [4.69, 9.17) is 0 Å². The number of para-hydroxylation sites is 1. The van der Waals surface area contributed by atoms with Crippen molar-refractivity contribution in [3.8, 4) is 11.1 Å². The highest BCUT2D eigenvalue weighted by atomic mass is 79.9. The molecule has 30 heavy (non-hydrogen) atoms. The first kappa shape index (κ1) is 20.9. The molecule has 0 fully saturated rings. The van der Waals surface area contributed by atoms with Gasteiger partial charge in [0.1, 0.15) is 0 Å². The molecular weight excluding hydrogens is 498 g/mol. The van der Waals surface area contributed by atoms with Crippen molar-refractivity contribution in [1.29, 1.82) is 0 Å². The second-order valence-corrected chi connectivity index (χ2v) is 9.73. The van der Waals surface area contributed by atoms with Gasteiger partial charge in [0.25, 0.3) is 0 Å². The van der Waals surface area contributed by atoms with E-state index >= 15 is 0 Å². The summed E-state index contributed by atoms with van der Waals surface area (Å²) in [6.07, 6.45) is 0. The lowest BCUT2D eigenvalue weighted by molar-refractivity contribution is 0.643. The van der Waals surface area contributed by atoms with Gasteiger partial charge in [-0.05, 0) is 64.7 Å². The molecular formula is C27H23Br2N. The van der Waals surface area contributed by atoms with Gasteiger partial charge in [-0.3, -0.25) is 0 Å². The van der Waals surface area contributed by atoms with Crippen molar-refractivity contribution in [1.82, 2.24) is 0 Å². The zero-order valence-electron chi connectivity index (χ0n) is 17.0. The summed E-state index contributed by atoms with van der Waals surface area (Å²) in [6.45, 7) is 4.57. The third kappa shape index (κ3) is 4.53. The summed E-state index contributed by atoms with van der Waals surface area (Å²) in [6, 6.07) is 34.1. The van der Waals surface area contributed by atoms with Crippen LogP contribution in [0.2, 0.25) is 0 Å². The Hall–Kier alpha value is -2.36. The van der Waals surface area contributed by atoms with Crippen molar-refractivity contribution in [2.24, 2.45) is 0 Å². The van der Waals surface area contributed by atoms with Gasteiger partial charge < -0.3 is 5.32 Å². The third-order valence-electron chi connectivity index (χ3n) is 5.44. The molecule has 0 atom stereocenters. The van der Waals surface area contributed by atoms with E-state index in [1.807, 2.05) is 6.07 Å². The summed E-state index contributed by atoms with van der Waals surface area (Å²) in [7, 11) is 0. The second-order valence-electron chi connectivity index (χ2n) is 7.90. The largest absolute Gasteiger partial charge is 0.355 e. The molecule has 4 aromatic rings. The molecule has 150 valence electrons. The lowest BCUT2D eigenvalue weighted by atomic mass is 9.76. The van der Waals surface area contributed by atoms with Crippen LogP contribution in [0.25, 0.3) is 11.1 Å². The molecule has 0 radical (unpaired) electrons. The maximum atomic E-state index is 3.63. The number of hydrogen-bond acceptors (Lipinski definition) is 1. The zero-order chi connectivity index (χ0) is 21.1. The molecule has 0 aromatic heterocycles. The molecule has 0 saturated carbocycles. The SMILES string of the molecule is CC(C)(c1ccccc1)c1cc(-c2cc(Br)cc(Br)c2)ccc1Nc1ccccc1. The van der Waals surface area contributed by atoms with E-state index in [1.54, 1.807) is 0 Å². The molecule has 3 heteroatoms. The van der Waals surface area contributed by atoms with Crippen LogP contribution in [0.4, 0.5) is 11.4 Å². The van der Waals surface area contributed by atoms with Crippen LogP contribution in [-0.4, -0.2) is 0 Å². The Morgan fingerprint density at radius 2 is 1.23 bits per heavy atom. The smallest absolute Gasteiger partial charge is 0.0426 e. The van der Waals surface area contributed by atoms with Gasteiger partial charge in [0.15, 0.2) is 0 Å². The Bertz CT molecular complexity index is 1130. The van der Waals surface area contributed by atoms with Crippen LogP contribution in [0, 0.1) is 0 Å². The van der Waals surface area contributed by atoms with Crippen molar-refractivity contribution in [3.05, 3.63) is 117 Å². The number of hydrogen-bond donors (Lipinski definition) is 1. The lowest BCUT2D eigenvalue weighted by Crippen LogP contribution is -2.20. The van der Waals surface area contributed by atoms with Crippen LogP contribution in [0.15, 0.2) is 106 Å². The normalized spacial score (nSPS) is 11.3. The monoisotopic (exact) mass is 519 g/mol. The van der Waals surface area contributed by atoms with E-state index in [0.717, 1.165) is 20.3 Å². The summed E-state index contributed by atoms with van der Waals surface area (Å²) in [4.78, 5) is 0. The maximum Gasteiger partial charge on any atom is 0.0426 e. The molecule has 1 N–H and O–H groups in total. The first-order valence-electron chi connectivity index (χ1n) is 9.92. The molecule has 1 nitrogen and oxygen atoms in total. The van der Waals surface area contributed by atoms with Crippen LogP contribution in [0.1, 0.15) is 25.0 Å². The number of benzene rings is 4. The molecule has 4 aromatic carbocycles. The summed E-state index contributed by atoms with van der Waals surface area (Å²) >= 11 is 7.24. The minimum Gasteiger partial charge on any atom is -0.355 e. The van der Waals surface area contributed by atoms with Crippen LogP contribution in [0.5, 0.6) is 0 Å². The van der Waals surface area contributed by atoms with Gasteiger partial charge in [-0.2, -0.15) is 0 Å². The van der Waals surface area contributed by atoms with E-state index in [0.29, 0.717) is 0 Å². The Morgan fingerprint density at radius 3 is 1.87 bits per heavy atom. The minimum absolute atomic E-state index is 0.169. The van der Waals surface area contributed by atoms with Gasteiger partial charge in [0.2, 0.25) is 0 Å². The van der Waals surface area contributed by atoms with E-state index in [9.17, 15) is 0 Å². The van der Waals surface area contributed by atoms with Crippen LogP contribution < -0.4 is 5.32 Å². The van der Waals surface area contributed by atoms with Crippen LogP contribution in [-0.2, 0) is 5.41 Å². The third-order valence-corrected chi connectivity index (χ3v) is 6.35. The van der Waals surface area contributed by atoms with Crippen LogP contribution >= 0.6 is 31.9 Å². The van der Waals surface area contributed by atoms with E-state index in [1.165, 1.54) is 22.3 Å². The fourth-order valence-electron chi connectivity index (χ4n) is 3.76. The molecule has 0 spiro atoms. The van der Waals surface area contributed by atoms with Crippen molar-refractivity contribution in [2.75, 3.05) is 5.32 Å². The summed E-state index contributed by atoms with van der Waals surface area (Å²) in [5, 5.41) is 3.63. The molecule has 0 heterocycles. The summed E-state index contributed by atoms with van der Waals surface area (Å²) in [5.74, 6) is 0. The quantitative estimate of drug-likeness (QED) is 0.277. The van der Waals surface area contributed by atoms with Crippen molar-refractivity contribution < 1.29 is 0 Å². The highest BCUT2D eigenvalue weighted by Crippen LogP contribution is 2.40. The van der Waals surface area contributed by atoms with Gasteiger partial charge in [-0.15, -0.1) is 0 Å². The fraction of sp³-hybridized carbons (Fsp3) is 0.111. The highest BCUT2D eigenvalue weighted by Gasteiger charge is 2.26.